The molecule has 0 fully saturated rings. The first-order valence-corrected chi connectivity index (χ1v) is 7.15. The van der Waals surface area contributed by atoms with Crippen molar-refractivity contribution in [3.63, 3.8) is 0 Å². The quantitative estimate of drug-likeness (QED) is 0.757. The summed E-state index contributed by atoms with van der Waals surface area (Å²) in [5.74, 6) is -0.275. The minimum Gasteiger partial charge on any atom is -0.397 e. The molecule has 0 spiro atoms. The van der Waals surface area contributed by atoms with Gasteiger partial charge in [0.1, 0.15) is 0 Å². The molecule has 0 saturated carbocycles. The Morgan fingerprint density at radius 2 is 1.80 bits per heavy atom. The molecule has 20 heavy (non-hydrogen) atoms. The molecule has 3 N–H and O–H groups in total. The Kier molecular flexibility index (Phi) is 4.42. The third kappa shape index (κ3) is 3.38. The monoisotopic (exact) mass is 393 g/mol. The number of nitrogens with two attached hydrogens (primary N) is 1. The molecule has 4 nitrogen and oxygen atoms in total. The molecule has 2 rings (SSSR count). The molecule has 6 heteroatoms. The zero-order valence-corrected chi connectivity index (χ0v) is 13.3. The van der Waals surface area contributed by atoms with Crippen LogP contribution in [0.3, 0.4) is 0 Å². The van der Waals surface area contributed by atoms with Gasteiger partial charge < -0.3 is 11.1 Å². The molecule has 2 aromatic carbocycles. The van der Waals surface area contributed by atoms with E-state index in [0.29, 0.717) is 22.5 Å². The van der Waals surface area contributed by atoms with Crippen LogP contribution in [-0.4, -0.2) is 5.91 Å². The minimum atomic E-state index is -0.275. The molecule has 0 radical (unpaired) electrons. The van der Waals surface area contributed by atoms with Gasteiger partial charge in [0.2, 0.25) is 0 Å². The van der Waals surface area contributed by atoms with E-state index in [1.54, 1.807) is 24.3 Å². The number of anilines is 2. The van der Waals surface area contributed by atoms with Gasteiger partial charge in [0.15, 0.2) is 0 Å². The Hall–Kier alpha value is -1.84. The van der Waals surface area contributed by atoms with E-state index >= 15 is 0 Å². The molecule has 0 bridgehead atoms. The van der Waals surface area contributed by atoms with E-state index in [9.17, 15) is 4.79 Å². The van der Waals surface area contributed by atoms with Crippen LogP contribution in [0.15, 0.2) is 45.3 Å². The lowest BCUT2D eigenvalue weighted by Crippen LogP contribution is -2.13. The fourth-order valence-electron chi connectivity index (χ4n) is 1.63. The van der Waals surface area contributed by atoms with Crippen LogP contribution < -0.4 is 11.1 Å². The molecule has 0 unspecified atom stereocenters. The summed E-state index contributed by atoms with van der Waals surface area (Å²) < 4.78 is 1.59. The number of hydrogen-bond acceptors (Lipinski definition) is 3. The zero-order chi connectivity index (χ0) is 14.7. The Bertz CT molecular complexity index is 703. The van der Waals surface area contributed by atoms with Crippen molar-refractivity contribution < 1.29 is 4.79 Å². The highest BCUT2D eigenvalue weighted by molar-refractivity contribution is 9.11. The van der Waals surface area contributed by atoms with E-state index in [1.165, 1.54) is 6.07 Å². The van der Waals surface area contributed by atoms with Gasteiger partial charge >= 0.3 is 0 Å². The van der Waals surface area contributed by atoms with Crippen molar-refractivity contribution in [3.8, 4) is 6.07 Å². The van der Waals surface area contributed by atoms with Crippen LogP contribution in [0.2, 0.25) is 0 Å². The number of rotatable bonds is 2. The predicted octanol–water partition coefficient (Wildman–Crippen LogP) is 3.92. The van der Waals surface area contributed by atoms with E-state index in [-0.39, 0.29) is 5.91 Å². The van der Waals surface area contributed by atoms with E-state index in [1.807, 2.05) is 12.1 Å². The van der Waals surface area contributed by atoms with Crippen molar-refractivity contribution in [1.29, 1.82) is 5.26 Å². The molecule has 2 aromatic rings. The standard InChI is InChI=1S/C14H9Br2N3O/c15-10-4-9(5-11(16)6-10)14(20)19-13-2-1-8(7-17)3-12(13)18/h1-6H,18H2,(H,19,20). The maximum absolute atomic E-state index is 12.2. The number of halogens is 2. The number of nitrogens with zero attached hydrogens (tertiary/aromatic N) is 1. The number of nitrogen functional groups attached to an aromatic ring is 1. The smallest absolute Gasteiger partial charge is 0.255 e. The summed E-state index contributed by atoms with van der Waals surface area (Å²) in [6.45, 7) is 0. The molecule has 0 aliphatic carbocycles. The second-order valence-electron chi connectivity index (χ2n) is 4.03. The summed E-state index contributed by atoms with van der Waals surface area (Å²) in [4.78, 5) is 12.2. The number of benzene rings is 2. The number of hydrogen-bond donors (Lipinski definition) is 2. The van der Waals surface area contributed by atoms with Crippen LogP contribution in [0.1, 0.15) is 15.9 Å². The van der Waals surface area contributed by atoms with E-state index in [4.69, 9.17) is 11.0 Å². The predicted molar refractivity (Wildman–Crippen MR) is 85.4 cm³/mol. The van der Waals surface area contributed by atoms with Crippen molar-refractivity contribution in [2.45, 2.75) is 0 Å². The second-order valence-corrected chi connectivity index (χ2v) is 5.86. The fourth-order valence-corrected chi connectivity index (χ4v) is 2.92. The summed E-state index contributed by atoms with van der Waals surface area (Å²) in [6, 6.07) is 12.0. The first-order valence-electron chi connectivity index (χ1n) is 5.56. The number of nitriles is 1. The number of amides is 1. The van der Waals surface area contributed by atoms with Crippen molar-refractivity contribution in [1.82, 2.24) is 0 Å². The Labute approximate surface area is 132 Å². The summed E-state index contributed by atoms with van der Waals surface area (Å²) in [7, 11) is 0. The average molecular weight is 395 g/mol. The lowest BCUT2D eigenvalue weighted by atomic mass is 10.1. The van der Waals surface area contributed by atoms with Crippen LogP contribution in [0, 0.1) is 11.3 Å². The molecular weight excluding hydrogens is 386 g/mol. The molecule has 0 heterocycles. The minimum absolute atomic E-state index is 0.275. The van der Waals surface area contributed by atoms with Crippen LogP contribution in [0.5, 0.6) is 0 Å². The van der Waals surface area contributed by atoms with Gasteiger partial charge in [0, 0.05) is 14.5 Å². The first-order chi connectivity index (χ1) is 9.49. The molecular formula is C14H9Br2N3O. The summed E-state index contributed by atoms with van der Waals surface area (Å²) in [5, 5.41) is 11.5. The van der Waals surface area contributed by atoms with E-state index in [2.05, 4.69) is 37.2 Å². The SMILES string of the molecule is N#Cc1ccc(NC(=O)c2cc(Br)cc(Br)c2)c(N)c1. The van der Waals surface area contributed by atoms with Gasteiger partial charge in [-0.05, 0) is 36.4 Å². The number of nitrogens with one attached hydrogen (secondary N) is 1. The topological polar surface area (TPSA) is 78.9 Å². The fraction of sp³-hybridized carbons (Fsp3) is 0. The third-order valence-electron chi connectivity index (χ3n) is 2.55. The Balaban J connectivity index is 2.26. The van der Waals surface area contributed by atoms with Crippen LogP contribution >= 0.6 is 31.9 Å². The lowest BCUT2D eigenvalue weighted by molar-refractivity contribution is 0.102. The molecule has 100 valence electrons. The van der Waals surface area contributed by atoms with Gasteiger partial charge in [-0.25, -0.2) is 0 Å². The Morgan fingerprint density at radius 1 is 1.15 bits per heavy atom. The summed E-state index contributed by atoms with van der Waals surface area (Å²) in [5.41, 5.74) is 7.57. The van der Waals surface area contributed by atoms with Gasteiger partial charge in [-0.1, -0.05) is 31.9 Å². The maximum atomic E-state index is 12.2. The largest absolute Gasteiger partial charge is 0.397 e. The number of carbonyl (C=O) groups excluding carboxylic acids is 1. The highest BCUT2D eigenvalue weighted by Crippen LogP contribution is 2.23. The van der Waals surface area contributed by atoms with E-state index in [0.717, 1.165) is 8.95 Å². The molecule has 1 amide bonds. The summed E-state index contributed by atoms with van der Waals surface area (Å²) >= 11 is 6.66. The lowest BCUT2D eigenvalue weighted by Gasteiger charge is -2.09. The highest BCUT2D eigenvalue weighted by Gasteiger charge is 2.10. The van der Waals surface area contributed by atoms with Crippen molar-refractivity contribution in [3.05, 3.63) is 56.5 Å². The van der Waals surface area contributed by atoms with Crippen molar-refractivity contribution >= 4 is 49.1 Å². The maximum Gasteiger partial charge on any atom is 0.255 e. The molecule has 0 saturated heterocycles. The van der Waals surface area contributed by atoms with Crippen LogP contribution in [0.4, 0.5) is 11.4 Å². The zero-order valence-electron chi connectivity index (χ0n) is 10.2. The van der Waals surface area contributed by atoms with Gasteiger partial charge in [-0.15, -0.1) is 0 Å². The molecule has 0 atom stereocenters. The van der Waals surface area contributed by atoms with Crippen molar-refractivity contribution in [2.24, 2.45) is 0 Å². The molecule has 0 aliphatic rings. The highest BCUT2D eigenvalue weighted by atomic mass is 79.9. The number of carbonyl (C=O) groups is 1. The molecule has 0 aliphatic heterocycles. The van der Waals surface area contributed by atoms with E-state index < -0.39 is 0 Å². The van der Waals surface area contributed by atoms with Crippen molar-refractivity contribution in [2.75, 3.05) is 11.1 Å². The average Bonchev–Trinajstić information content (AvgIpc) is 2.39. The van der Waals surface area contributed by atoms with Gasteiger partial charge in [-0.2, -0.15) is 5.26 Å². The van der Waals surface area contributed by atoms with Gasteiger partial charge in [0.05, 0.1) is 23.0 Å². The van der Waals surface area contributed by atoms with Crippen LogP contribution in [-0.2, 0) is 0 Å². The Morgan fingerprint density at radius 3 is 2.35 bits per heavy atom. The second kappa shape index (κ2) is 6.07. The normalized spacial score (nSPS) is 9.85. The first kappa shape index (κ1) is 14.6. The van der Waals surface area contributed by atoms with Gasteiger partial charge in [-0.3, -0.25) is 4.79 Å². The third-order valence-corrected chi connectivity index (χ3v) is 3.47. The summed E-state index contributed by atoms with van der Waals surface area (Å²) in [6.07, 6.45) is 0. The van der Waals surface area contributed by atoms with Crippen LogP contribution in [0.25, 0.3) is 0 Å². The molecule has 0 aromatic heterocycles. The van der Waals surface area contributed by atoms with Gasteiger partial charge in [0.25, 0.3) is 5.91 Å².